The number of benzene rings is 1. The Balaban J connectivity index is 1.12. The molecule has 284 valence electrons. The maximum absolute atomic E-state index is 14.2. The number of piperazine rings is 1. The van der Waals surface area contributed by atoms with E-state index in [2.05, 4.69) is 45.0 Å². The van der Waals surface area contributed by atoms with E-state index >= 15 is 0 Å². The summed E-state index contributed by atoms with van der Waals surface area (Å²) in [6.45, 7) is 10.6. The predicted octanol–water partition coefficient (Wildman–Crippen LogP) is 4.08. The average Bonchev–Trinajstić information content (AvgIpc) is 3.14. The van der Waals surface area contributed by atoms with Gasteiger partial charge in [0.2, 0.25) is 5.95 Å². The van der Waals surface area contributed by atoms with Gasteiger partial charge < -0.3 is 29.2 Å². The van der Waals surface area contributed by atoms with Crippen LogP contribution in [0.2, 0.25) is 10.0 Å². The number of nitrogens with zero attached hydrogens (tertiary/aromatic N) is 7. The number of aromatic nitrogens is 3. The van der Waals surface area contributed by atoms with Gasteiger partial charge in [-0.2, -0.15) is 10.2 Å². The highest BCUT2D eigenvalue weighted by molar-refractivity contribution is 6.41. The number of piperidine rings is 1. The third-order valence-electron chi connectivity index (χ3n) is 10.4. The molecule has 3 fully saturated rings. The number of carbonyl (C=O) groups is 1. The Hall–Kier alpha value is -3.97. The van der Waals surface area contributed by atoms with Gasteiger partial charge in [-0.05, 0) is 38.8 Å². The molecule has 3 aromatic rings. The van der Waals surface area contributed by atoms with Crippen molar-refractivity contribution >= 4 is 46.1 Å². The van der Waals surface area contributed by atoms with Gasteiger partial charge in [0.1, 0.15) is 28.8 Å². The zero-order valence-electron chi connectivity index (χ0n) is 30.8. The Bertz CT molecular complexity index is 1930. The number of hydrogen-bond acceptors (Lipinski definition) is 12. The Labute approximate surface area is 319 Å². The van der Waals surface area contributed by atoms with Crippen LogP contribution in [0.4, 0.5) is 5.95 Å². The Morgan fingerprint density at radius 3 is 2.30 bits per heavy atom. The monoisotopic (exact) mass is 768 g/mol. The normalized spacial score (nSPS) is 18.2. The van der Waals surface area contributed by atoms with Crippen molar-refractivity contribution in [1.82, 2.24) is 29.2 Å². The lowest BCUT2D eigenvalue weighted by molar-refractivity contribution is -0.129. The van der Waals surface area contributed by atoms with Crippen LogP contribution in [0.3, 0.4) is 0 Å². The second-order valence-electron chi connectivity index (χ2n) is 13.9. The largest absolute Gasteiger partial charge is 0.495 e. The van der Waals surface area contributed by atoms with Crippen LogP contribution in [0.5, 0.6) is 11.5 Å². The van der Waals surface area contributed by atoms with Crippen molar-refractivity contribution in [2.24, 2.45) is 0 Å². The predicted molar refractivity (Wildman–Crippen MR) is 203 cm³/mol. The molecule has 0 saturated carbocycles. The van der Waals surface area contributed by atoms with Crippen molar-refractivity contribution in [3.8, 4) is 28.7 Å². The molecule has 0 radical (unpaired) electrons. The summed E-state index contributed by atoms with van der Waals surface area (Å²) >= 11 is 13.4. The number of methoxy groups -OCH3 is 2. The van der Waals surface area contributed by atoms with E-state index in [9.17, 15) is 14.9 Å². The van der Waals surface area contributed by atoms with Gasteiger partial charge in [0.15, 0.2) is 0 Å². The van der Waals surface area contributed by atoms with Gasteiger partial charge in [-0.1, -0.05) is 23.2 Å². The fraction of sp³-hybridized carbons (Fsp3) is 0.541. The molecule has 6 rings (SSSR count). The number of carbonyl (C=O) groups excluding carboxylic acids is 1. The standard InChI is InChI=1S/C37H46Cl2N8O6/c1-37(2,46-12-10-44(11-13-46)25-21-52-22-25)18-24(19-40)34(48)45-8-6-26(7-9-45)53-15-14-47-33-23(20-42-36(41-3)43-33)16-27(35(47)49)30-31(38)28(50-4)17-29(51-5)32(30)39/h16-18,20,25-26H,6-15,21-22H2,1-5H3,(H,41,42,43)/b24-18-. The summed E-state index contributed by atoms with van der Waals surface area (Å²) in [4.78, 5) is 43.2. The number of likely N-dealkylation sites (tertiary alicyclic amines) is 1. The topological polar surface area (TPSA) is 147 Å². The third kappa shape index (κ3) is 8.11. The summed E-state index contributed by atoms with van der Waals surface area (Å²) in [7, 11) is 4.64. The summed E-state index contributed by atoms with van der Waals surface area (Å²) in [5, 5.41) is 13.9. The Morgan fingerprint density at radius 1 is 1.08 bits per heavy atom. The van der Waals surface area contributed by atoms with Crippen LogP contribution in [-0.4, -0.2) is 133 Å². The smallest absolute Gasteiger partial charge is 0.264 e. The first-order chi connectivity index (χ1) is 25.5. The molecule has 1 N–H and O–H groups in total. The first-order valence-corrected chi connectivity index (χ1v) is 18.5. The van der Waals surface area contributed by atoms with Gasteiger partial charge in [-0.25, -0.2) is 4.98 Å². The van der Waals surface area contributed by atoms with Crippen molar-refractivity contribution in [1.29, 1.82) is 5.26 Å². The van der Waals surface area contributed by atoms with E-state index in [1.165, 1.54) is 18.8 Å². The van der Waals surface area contributed by atoms with E-state index in [1.54, 1.807) is 30.3 Å². The molecule has 0 aliphatic carbocycles. The highest BCUT2D eigenvalue weighted by Gasteiger charge is 2.35. The molecule has 14 nitrogen and oxygen atoms in total. The average molecular weight is 770 g/mol. The van der Waals surface area contributed by atoms with E-state index in [0.717, 1.165) is 39.4 Å². The minimum Gasteiger partial charge on any atom is -0.495 e. The quantitative estimate of drug-likeness (QED) is 0.209. The number of nitrogens with one attached hydrogen (secondary N) is 1. The lowest BCUT2D eigenvalue weighted by Gasteiger charge is -2.46. The van der Waals surface area contributed by atoms with Gasteiger partial charge in [0.05, 0.1) is 68.3 Å². The molecule has 16 heteroatoms. The van der Waals surface area contributed by atoms with Gasteiger partial charge >= 0.3 is 0 Å². The summed E-state index contributed by atoms with van der Waals surface area (Å²) in [5.74, 6) is 0.704. The van der Waals surface area contributed by atoms with Crippen LogP contribution >= 0.6 is 23.2 Å². The minimum absolute atomic E-state index is 0.137. The summed E-state index contributed by atoms with van der Waals surface area (Å²) in [6, 6.07) is 5.90. The molecule has 1 aromatic carbocycles. The molecular weight excluding hydrogens is 723 g/mol. The number of fused-ring (bicyclic) bond motifs is 1. The molecule has 0 atom stereocenters. The van der Waals surface area contributed by atoms with Crippen LogP contribution in [0.15, 0.2) is 34.8 Å². The SMILES string of the molecule is CNc1ncc2cc(-c3c(Cl)c(OC)cc(OC)c3Cl)c(=O)n(CCOC3CCN(C(=O)/C(C#N)=C\C(C)(C)N4CCN(C5COC5)CC4)CC3)c2n1. The number of ether oxygens (including phenoxy) is 4. The van der Waals surface area contributed by atoms with Crippen molar-refractivity contribution in [3.63, 3.8) is 0 Å². The number of pyridine rings is 1. The van der Waals surface area contributed by atoms with Gasteiger partial charge in [-0.3, -0.25) is 24.0 Å². The van der Waals surface area contributed by atoms with Crippen molar-refractivity contribution in [2.75, 3.05) is 85.7 Å². The van der Waals surface area contributed by atoms with Gasteiger partial charge in [0.25, 0.3) is 11.5 Å². The van der Waals surface area contributed by atoms with E-state index in [4.69, 9.17) is 42.1 Å². The molecule has 0 spiro atoms. The van der Waals surface area contributed by atoms with Crippen LogP contribution in [0, 0.1) is 11.3 Å². The number of rotatable bonds is 12. The molecule has 0 unspecified atom stereocenters. The number of hydrogen-bond donors (Lipinski definition) is 1. The van der Waals surface area contributed by atoms with Crippen LogP contribution in [0.25, 0.3) is 22.2 Å². The van der Waals surface area contributed by atoms with Gasteiger partial charge in [0, 0.05) is 75.1 Å². The number of anilines is 1. The van der Waals surface area contributed by atoms with Crippen LogP contribution < -0.4 is 20.3 Å². The second kappa shape index (κ2) is 16.6. The Kier molecular flexibility index (Phi) is 12.1. The highest BCUT2D eigenvalue weighted by atomic mass is 35.5. The van der Waals surface area contributed by atoms with E-state index < -0.39 is 5.54 Å². The fourth-order valence-electron chi connectivity index (χ4n) is 7.18. The first-order valence-electron chi connectivity index (χ1n) is 17.8. The molecule has 1 amide bonds. The van der Waals surface area contributed by atoms with Crippen molar-refractivity contribution < 1.29 is 23.7 Å². The van der Waals surface area contributed by atoms with E-state index in [1.807, 2.05) is 6.08 Å². The maximum Gasteiger partial charge on any atom is 0.264 e. The number of amides is 1. The first kappa shape index (κ1) is 38.7. The van der Waals surface area contributed by atoms with Crippen LogP contribution in [0.1, 0.15) is 26.7 Å². The van der Waals surface area contributed by atoms with Gasteiger partial charge in [-0.15, -0.1) is 0 Å². The summed E-state index contributed by atoms with van der Waals surface area (Å²) in [6.07, 6.45) is 4.49. The molecule has 5 heterocycles. The molecule has 0 bridgehead atoms. The lowest BCUT2D eigenvalue weighted by Crippen LogP contribution is -2.59. The third-order valence-corrected chi connectivity index (χ3v) is 11.2. The zero-order chi connectivity index (χ0) is 37.9. The van der Waals surface area contributed by atoms with Crippen LogP contribution in [-0.2, 0) is 20.8 Å². The number of halogens is 2. The van der Waals surface area contributed by atoms with E-state index in [0.29, 0.717) is 60.5 Å². The van der Waals surface area contributed by atoms with Crippen molar-refractivity contribution in [3.05, 3.63) is 50.4 Å². The summed E-state index contributed by atoms with van der Waals surface area (Å²) < 4.78 is 24.1. The maximum atomic E-state index is 14.2. The molecule has 3 saturated heterocycles. The molecule has 2 aromatic heterocycles. The number of nitriles is 1. The van der Waals surface area contributed by atoms with E-state index in [-0.39, 0.29) is 57.5 Å². The Morgan fingerprint density at radius 2 is 1.74 bits per heavy atom. The zero-order valence-corrected chi connectivity index (χ0v) is 32.3. The fourth-order valence-corrected chi connectivity index (χ4v) is 7.88. The highest BCUT2D eigenvalue weighted by Crippen LogP contribution is 2.45. The summed E-state index contributed by atoms with van der Waals surface area (Å²) in [5.41, 5.74) is 0.253. The molecule has 53 heavy (non-hydrogen) atoms. The van der Waals surface area contributed by atoms with Crippen molar-refractivity contribution in [2.45, 2.75) is 50.9 Å². The molecule has 3 aliphatic rings. The lowest BCUT2D eigenvalue weighted by atomic mass is 9.96. The second-order valence-corrected chi connectivity index (χ2v) is 14.7. The molecular formula is C37H46Cl2N8O6. The minimum atomic E-state index is -0.446. The molecule has 3 aliphatic heterocycles.